The van der Waals surface area contributed by atoms with Gasteiger partial charge in [0.1, 0.15) is 5.82 Å². The molecule has 0 unspecified atom stereocenters. The fraction of sp³-hybridized carbons (Fsp3) is 0.0769. The molecule has 59 heavy (non-hydrogen) atoms. The summed E-state index contributed by atoms with van der Waals surface area (Å²) in [6, 6.07) is 64.1. The number of fused-ring (bicyclic) bond motifs is 7. The maximum absolute atomic E-state index is 6.65. The molecule has 0 bridgehead atoms. The third-order valence-electron chi connectivity index (χ3n) is 11.1. The summed E-state index contributed by atoms with van der Waals surface area (Å²) in [6.07, 6.45) is 5.47. The van der Waals surface area contributed by atoms with Crippen LogP contribution in [-0.4, -0.2) is 18.7 Å². The van der Waals surface area contributed by atoms with Crippen LogP contribution in [-0.2, 0) is 26.5 Å². The smallest absolute Gasteiger partial charge is 0.268 e. The molecule has 0 saturated carbocycles. The molecule has 0 saturated heterocycles. The van der Waals surface area contributed by atoms with Crippen LogP contribution in [0.2, 0.25) is 0 Å². The van der Waals surface area contributed by atoms with Gasteiger partial charge in [0.15, 0.2) is 0 Å². The summed E-state index contributed by atoms with van der Waals surface area (Å²) in [5, 5.41) is 4.61. The van der Waals surface area contributed by atoms with Crippen molar-refractivity contribution >= 4 is 54.6 Å². The fourth-order valence-electron chi connectivity index (χ4n) is 8.38. The van der Waals surface area contributed by atoms with Crippen molar-refractivity contribution < 1.29 is 30.4 Å². The van der Waals surface area contributed by atoms with E-state index < -0.39 is 0 Å². The van der Waals surface area contributed by atoms with Crippen LogP contribution < -0.4 is 9.30 Å². The summed E-state index contributed by atoms with van der Waals surface area (Å²) in [5.41, 5.74) is 10.4. The monoisotopic (exact) mass is 942 g/mol. The Morgan fingerprint density at radius 3 is 2.00 bits per heavy atom. The number of benzene rings is 7. The van der Waals surface area contributed by atoms with Gasteiger partial charge in [-0.25, -0.2) is 4.98 Å². The van der Waals surface area contributed by atoms with E-state index in [1.807, 2.05) is 59.3 Å². The largest absolute Gasteiger partial charge is 0.510 e. The molecule has 7 heteroatoms. The van der Waals surface area contributed by atoms with Gasteiger partial charge in [-0.05, 0) is 70.6 Å². The van der Waals surface area contributed by atoms with E-state index in [4.69, 9.17) is 9.72 Å². The number of aromatic nitrogens is 5. The molecule has 0 amide bonds. The molecule has 0 atom stereocenters. The zero-order valence-corrected chi connectivity index (χ0v) is 34.9. The van der Waals surface area contributed by atoms with Crippen LogP contribution in [0.15, 0.2) is 170 Å². The zero-order valence-electron chi connectivity index (χ0n) is 32.6. The summed E-state index contributed by atoms with van der Waals surface area (Å²) in [6.45, 7) is 6.70. The third-order valence-corrected chi connectivity index (χ3v) is 11.1. The second kappa shape index (κ2) is 14.3. The maximum Gasteiger partial charge on any atom is 0.268 e. The Balaban J connectivity index is 0.00000420. The topological polar surface area (TPSA) is 40.8 Å². The number of rotatable bonds is 6. The molecule has 4 aromatic heterocycles. The number of imidazole rings is 1. The standard InChI is InChI=1S/C52H37N5O.Pt/c1-52(2,3)35-29-30-53-50(31-35)57-48-26-14-25-47(56-43-21-9-7-19-40(43)41-20-8-10-22-44(41)56)51(48)42-28-27-39(33-49(42)57)58-38-18-13-17-37(32-38)55-34-54(36-15-5-4-6-16-36)45-23-11-12-24-46(45)55;/h4-31H,1-3H3;/q-2;. The van der Waals surface area contributed by atoms with Crippen molar-refractivity contribution in [1.82, 2.24) is 18.7 Å². The number of ether oxygens (including phenoxy) is 1. The summed E-state index contributed by atoms with van der Waals surface area (Å²) in [5.74, 6) is 1.98. The fourth-order valence-corrected chi connectivity index (χ4v) is 8.38. The first-order valence-corrected chi connectivity index (χ1v) is 19.6. The molecular weight excluding hydrogens is 906 g/mol. The Labute approximate surface area is 356 Å². The van der Waals surface area contributed by atoms with Crippen LogP contribution >= 0.6 is 0 Å². The van der Waals surface area contributed by atoms with E-state index in [2.05, 4.69) is 168 Å². The molecule has 11 aromatic rings. The Hall–Kier alpha value is -6.75. The summed E-state index contributed by atoms with van der Waals surface area (Å²) in [4.78, 5) is 4.98. The molecular formula is C52H37N5OPt-2. The second-order valence-electron chi connectivity index (χ2n) is 15.7. The molecule has 6 nitrogen and oxygen atoms in total. The average molecular weight is 943 g/mol. The summed E-state index contributed by atoms with van der Waals surface area (Å²) in [7, 11) is 0. The molecule has 0 N–H and O–H groups in total. The maximum atomic E-state index is 6.65. The van der Waals surface area contributed by atoms with Gasteiger partial charge < -0.3 is 18.4 Å². The predicted molar refractivity (Wildman–Crippen MR) is 233 cm³/mol. The average Bonchev–Trinajstić information content (AvgIpc) is 3.92. The summed E-state index contributed by atoms with van der Waals surface area (Å²) < 4.78 is 15.4. The first-order chi connectivity index (χ1) is 28.4. The Kier molecular flexibility index (Phi) is 8.84. The molecule has 288 valence electrons. The van der Waals surface area contributed by atoms with Gasteiger partial charge in [0.25, 0.3) is 6.33 Å². The third kappa shape index (κ3) is 6.06. The SMILES string of the molecule is CC(C)(C)c1ccnc(-n2c3[c-]c(Oc4[c-]c(-n5[c-][n+](-c6ccccc6)c6ccccc65)ccc4)ccc3c3c(-n4c5ccccc5c5ccccc54)cccc32)c1.[Pt]. The van der Waals surface area contributed by atoms with Gasteiger partial charge in [-0.3, -0.25) is 4.57 Å². The van der Waals surface area contributed by atoms with E-state index in [9.17, 15) is 0 Å². The van der Waals surface area contributed by atoms with Crippen LogP contribution in [0.1, 0.15) is 26.3 Å². The molecule has 0 aliphatic carbocycles. The zero-order chi connectivity index (χ0) is 39.0. The van der Waals surface area contributed by atoms with E-state index in [1.165, 1.54) is 16.3 Å². The Morgan fingerprint density at radius 1 is 0.576 bits per heavy atom. The summed E-state index contributed by atoms with van der Waals surface area (Å²) >= 11 is 0. The molecule has 0 fully saturated rings. The van der Waals surface area contributed by atoms with Gasteiger partial charge in [0, 0.05) is 60.7 Å². The van der Waals surface area contributed by atoms with Gasteiger partial charge in [-0.2, -0.15) is 18.2 Å². The quantitative estimate of drug-likeness (QED) is 0.123. The molecule has 0 aliphatic rings. The van der Waals surface area contributed by atoms with E-state index in [1.54, 1.807) is 0 Å². The molecule has 4 heterocycles. The van der Waals surface area contributed by atoms with E-state index in [-0.39, 0.29) is 26.5 Å². The first-order valence-electron chi connectivity index (χ1n) is 19.6. The Bertz CT molecular complexity index is 3320. The molecule has 0 radical (unpaired) electrons. The number of para-hydroxylation sites is 5. The minimum atomic E-state index is -0.0632. The number of pyridine rings is 1. The normalized spacial score (nSPS) is 11.8. The van der Waals surface area contributed by atoms with Crippen LogP contribution in [0, 0.1) is 18.5 Å². The number of hydrogen-bond donors (Lipinski definition) is 0. The van der Waals surface area contributed by atoms with E-state index in [0.29, 0.717) is 11.5 Å². The van der Waals surface area contributed by atoms with Crippen LogP contribution in [0.5, 0.6) is 11.5 Å². The van der Waals surface area contributed by atoms with Crippen molar-refractivity contribution in [2.75, 3.05) is 0 Å². The van der Waals surface area contributed by atoms with E-state index in [0.717, 1.165) is 66.8 Å². The second-order valence-corrected chi connectivity index (χ2v) is 15.7. The van der Waals surface area contributed by atoms with Crippen LogP contribution in [0.3, 0.4) is 0 Å². The van der Waals surface area contributed by atoms with Gasteiger partial charge in [-0.1, -0.05) is 117 Å². The van der Waals surface area contributed by atoms with Crippen molar-refractivity contribution in [2.45, 2.75) is 26.2 Å². The number of hydrogen-bond acceptors (Lipinski definition) is 2. The van der Waals surface area contributed by atoms with Crippen molar-refractivity contribution in [2.24, 2.45) is 0 Å². The van der Waals surface area contributed by atoms with Gasteiger partial charge >= 0.3 is 0 Å². The van der Waals surface area contributed by atoms with Crippen molar-refractivity contribution in [3.63, 3.8) is 0 Å². The van der Waals surface area contributed by atoms with Crippen LogP contribution in [0.4, 0.5) is 0 Å². The molecule has 7 aromatic carbocycles. The van der Waals surface area contributed by atoms with Gasteiger partial charge in [0.2, 0.25) is 0 Å². The predicted octanol–water partition coefficient (Wildman–Crippen LogP) is 12.0. The molecule has 0 aliphatic heterocycles. The first kappa shape index (κ1) is 36.6. The van der Waals surface area contributed by atoms with Crippen molar-refractivity contribution in [1.29, 1.82) is 0 Å². The van der Waals surface area contributed by atoms with Gasteiger partial charge in [-0.15, -0.1) is 24.3 Å². The molecule has 0 spiro atoms. The number of nitrogens with zero attached hydrogens (tertiary/aromatic N) is 5. The van der Waals surface area contributed by atoms with Crippen LogP contribution in [0.25, 0.3) is 77.5 Å². The minimum Gasteiger partial charge on any atom is -0.510 e. The Morgan fingerprint density at radius 2 is 1.24 bits per heavy atom. The van der Waals surface area contributed by atoms with Gasteiger partial charge in [0.05, 0.1) is 27.8 Å². The minimum absolute atomic E-state index is 0. The van der Waals surface area contributed by atoms with Crippen molar-refractivity contribution in [3.8, 4) is 34.4 Å². The van der Waals surface area contributed by atoms with E-state index >= 15 is 0 Å². The molecule has 11 rings (SSSR count). The van der Waals surface area contributed by atoms with Crippen molar-refractivity contribution in [3.05, 3.63) is 194 Å².